The number of imidazole rings is 1. The maximum absolute atomic E-state index is 12.8. The summed E-state index contributed by atoms with van der Waals surface area (Å²) in [7, 11) is -2.42. The average molecular weight is 456 g/mol. The standard InChI is InChI=1S/C23H22ClN3O3S/c1-15-3-10-19-20(13-15)26-23(25-19)12-6-16-4-8-18(9-5-16)27-31(28,29)22-14-17(24)7-11-21(22)30-2/h3-5,7-11,13-14,27H,6,12H2,1-2H3,(H,25,26). The van der Waals surface area contributed by atoms with Crippen LogP contribution in [0.15, 0.2) is 65.6 Å². The van der Waals surface area contributed by atoms with Gasteiger partial charge >= 0.3 is 0 Å². The van der Waals surface area contributed by atoms with Crippen LogP contribution in [-0.4, -0.2) is 25.5 Å². The molecule has 6 nitrogen and oxygen atoms in total. The number of rotatable bonds is 7. The van der Waals surface area contributed by atoms with E-state index in [4.69, 9.17) is 16.3 Å². The molecule has 0 aliphatic heterocycles. The molecule has 0 aliphatic rings. The van der Waals surface area contributed by atoms with Gasteiger partial charge in [-0.3, -0.25) is 4.72 Å². The Morgan fingerprint density at radius 3 is 2.55 bits per heavy atom. The van der Waals surface area contributed by atoms with Gasteiger partial charge in [0.05, 0.1) is 18.1 Å². The lowest BCUT2D eigenvalue weighted by atomic mass is 10.1. The Hall–Kier alpha value is -3.03. The number of hydrogen-bond donors (Lipinski definition) is 2. The smallest absolute Gasteiger partial charge is 0.265 e. The van der Waals surface area contributed by atoms with Crippen LogP contribution in [-0.2, 0) is 22.9 Å². The number of H-pyrrole nitrogens is 1. The molecule has 0 bridgehead atoms. The van der Waals surface area contributed by atoms with Crippen LogP contribution in [0.4, 0.5) is 5.69 Å². The predicted octanol–water partition coefficient (Wildman–Crippen LogP) is 5.12. The van der Waals surface area contributed by atoms with Crippen molar-refractivity contribution in [1.82, 2.24) is 9.97 Å². The molecule has 0 unspecified atom stereocenters. The van der Waals surface area contributed by atoms with Crippen molar-refractivity contribution in [1.29, 1.82) is 0 Å². The largest absolute Gasteiger partial charge is 0.495 e. The molecule has 0 aliphatic carbocycles. The van der Waals surface area contributed by atoms with Crippen LogP contribution in [0.25, 0.3) is 11.0 Å². The minimum Gasteiger partial charge on any atom is -0.495 e. The zero-order chi connectivity index (χ0) is 22.0. The number of halogens is 1. The molecule has 0 radical (unpaired) electrons. The second-order valence-electron chi connectivity index (χ2n) is 7.30. The first-order valence-corrected chi connectivity index (χ1v) is 11.6. The second kappa shape index (κ2) is 8.61. The van der Waals surface area contributed by atoms with E-state index in [-0.39, 0.29) is 10.6 Å². The molecule has 1 heterocycles. The van der Waals surface area contributed by atoms with Gasteiger partial charge in [-0.05, 0) is 66.9 Å². The fourth-order valence-corrected chi connectivity index (χ4v) is 4.86. The Labute approximate surface area is 186 Å². The van der Waals surface area contributed by atoms with E-state index in [0.29, 0.717) is 10.7 Å². The first-order valence-electron chi connectivity index (χ1n) is 9.74. The Morgan fingerprint density at radius 2 is 1.81 bits per heavy atom. The van der Waals surface area contributed by atoms with Crippen LogP contribution in [0.1, 0.15) is 17.0 Å². The molecule has 0 saturated heterocycles. The number of aromatic amines is 1. The topological polar surface area (TPSA) is 84.1 Å². The third kappa shape index (κ3) is 4.84. The molecular formula is C23H22ClN3O3S. The summed E-state index contributed by atoms with van der Waals surface area (Å²) in [5.74, 6) is 1.16. The van der Waals surface area contributed by atoms with E-state index < -0.39 is 10.0 Å². The Balaban J connectivity index is 1.44. The first-order chi connectivity index (χ1) is 14.8. The van der Waals surface area contributed by atoms with Crippen LogP contribution < -0.4 is 9.46 Å². The number of aromatic nitrogens is 2. The van der Waals surface area contributed by atoms with Gasteiger partial charge in [0.1, 0.15) is 16.5 Å². The van der Waals surface area contributed by atoms with E-state index in [1.54, 1.807) is 18.2 Å². The number of anilines is 1. The summed E-state index contributed by atoms with van der Waals surface area (Å²) < 4.78 is 33.3. The molecular weight excluding hydrogens is 434 g/mol. The lowest BCUT2D eigenvalue weighted by Gasteiger charge is -2.12. The van der Waals surface area contributed by atoms with Gasteiger partial charge in [0.25, 0.3) is 10.0 Å². The van der Waals surface area contributed by atoms with Crippen LogP contribution in [0.5, 0.6) is 5.75 Å². The highest BCUT2D eigenvalue weighted by Gasteiger charge is 2.20. The summed E-state index contributed by atoms with van der Waals surface area (Å²) in [5, 5.41) is 0.317. The first kappa shape index (κ1) is 21.2. The number of nitrogens with zero attached hydrogens (tertiary/aromatic N) is 1. The van der Waals surface area contributed by atoms with Crippen molar-refractivity contribution in [2.75, 3.05) is 11.8 Å². The van der Waals surface area contributed by atoms with Crippen molar-refractivity contribution < 1.29 is 13.2 Å². The number of nitrogens with one attached hydrogen (secondary N) is 2. The SMILES string of the molecule is COc1ccc(Cl)cc1S(=O)(=O)Nc1ccc(CCc2nc3ccc(C)cc3[nH]2)cc1. The molecule has 4 aromatic rings. The van der Waals surface area contributed by atoms with Crippen molar-refractivity contribution >= 4 is 38.3 Å². The summed E-state index contributed by atoms with van der Waals surface area (Å²) in [4.78, 5) is 7.97. The van der Waals surface area contributed by atoms with Gasteiger partial charge in [-0.1, -0.05) is 29.8 Å². The highest BCUT2D eigenvalue weighted by atomic mass is 35.5. The monoisotopic (exact) mass is 455 g/mol. The molecule has 0 spiro atoms. The maximum Gasteiger partial charge on any atom is 0.265 e. The molecule has 0 amide bonds. The lowest BCUT2D eigenvalue weighted by Crippen LogP contribution is -2.14. The molecule has 0 saturated carbocycles. The lowest BCUT2D eigenvalue weighted by molar-refractivity contribution is 0.403. The molecule has 8 heteroatoms. The Morgan fingerprint density at radius 1 is 1.03 bits per heavy atom. The van der Waals surface area contributed by atoms with Crippen LogP contribution in [0.3, 0.4) is 0 Å². The fourth-order valence-electron chi connectivity index (χ4n) is 3.37. The van der Waals surface area contributed by atoms with Gasteiger partial charge in [0.15, 0.2) is 0 Å². The summed E-state index contributed by atoms with van der Waals surface area (Å²) in [6.07, 6.45) is 1.55. The number of fused-ring (bicyclic) bond motifs is 1. The van der Waals surface area contributed by atoms with E-state index >= 15 is 0 Å². The summed E-state index contributed by atoms with van der Waals surface area (Å²) in [6, 6.07) is 17.9. The quantitative estimate of drug-likeness (QED) is 0.405. The van der Waals surface area contributed by atoms with Crippen molar-refractivity contribution in [3.8, 4) is 5.75 Å². The summed E-state index contributed by atoms with van der Waals surface area (Å²) in [5.41, 5.74) is 4.74. The van der Waals surface area contributed by atoms with Gasteiger partial charge in [-0.25, -0.2) is 13.4 Å². The van der Waals surface area contributed by atoms with Gasteiger partial charge in [-0.15, -0.1) is 0 Å². The van der Waals surface area contributed by atoms with Crippen molar-refractivity contribution in [3.63, 3.8) is 0 Å². The van der Waals surface area contributed by atoms with Gasteiger partial charge in [-0.2, -0.15) is 0 Å². The minimum absolute atomic E-state index is 0.00769. The number of aryl methyl sites for hydroxylation is 3. The van der Waals surface area contributed by atoms with E-state index in [0.717, 1.165) is 35.3 Å². The van der Waals surface area contributed by atoms with Crippen molar-refractivity contribution in [2.45, 2.75) is 24.7 Å². The number of hydrogen-bond acceptors (Lipinski definition) is 4. The van der Waals surface area contributed by atoms with Gasteiger partial charge in [0.2, 0.25) is 0 Å². The zero-order valence-corrected chi connectivity index (χ0v) is 18.7. The number of benzene rings is 3. The molecule has 0 atom stereocenters. The van der Waals surface area contributed by atoms with Crippen LogP contribution in [0, 0.1) is 6.92 Å². The van der Waals surface area contributed by atoms with Gasteiger partial charge in [0, 0.05) is 17.1 Å². The van der Waals surface area contributed by atoms with E-state index in [1.165, 1.54) is 24.8 Å². The highest BCUT2D eigenvalue weighted by molar-refractivity contribution is 7.92. The fraction of sp³-hybridized carbons (Fsp3) is 0.174. The normalized spacial score (nSPS) is 11.6. The third-order valence-corrected chi connectivity index (χ3v) is 6.60. The summed E-state index contributed by atoms with van der Waals surface area (Å²) in [6.45, 7) is 2.05. The molecule has 3 aromatic carbocycles. The Bertz CT molecular complexity index is 1330. The molecule has 1 aromatic heterocycles. The third-order valence-electron chi connectivity index (χ3n) is 4.96. The van der Waals surface area contributed by atoms with E-state index in [1.807, 2.05) is 24.3 Å². The Kier molecular flexibility index (Phi) is 5.89. The number of methoxy groups -OCH3 is 1. The zero-order valence-electron chi connectivity index (χ0n) is 17.1. The molecule has 4 rings (SSSR count). The molecule has 0 fully saturated rings. The minimum atomic E-state index is -3.84. The second-order valence-corrected chi connectivity index (χ2v) is 9.39. The predicted molar refractivity (Wildman–Crippen MR) is 123 cm³/mol. The average Bonchev–Trinajstić information content (AvgIpc) is 3.15. The maximum atomic E-state index is 12.8. The highest BCUT2D eigenvalue weighted by Crippen LogP contribution is 2.28. The van der Waals surface area contributed by atoms with Crippen molar-refractivity contribution in [3.05, 3.63) is 82.6 Å². The number of sulfonamides is 1. The van der Waals surface area contributed by atoms with Gasteiger partial charge < -0.3 is 9.72 Å². The van der Waals surface area contributed by atoms with Crippen LogP contribution >= 0.6 is 11.6 Å². The summed E-state index contributed by atoms with van der Waals surface area (Å²) >= 11 is 5.97. The molecule has 160 valence electrons. The molecule has 2 N–H and O–H groups in total. The van der Waals surface area contributed by atoms with Crippen molar-refractivity contribution in [2.24, 2.45) is 0 Å². The van der Waals surface area contributed by atoms with E-state index in [9.17, 15) is 8.42 Å². The van der Waals surface area contributed by atoms with E-state index in [2.05, 4.69) is 27.7 Å². The number of ether oxygens (including phenoxy) is 1. The molecule has 31 heavy (non-hydrogen) atoms. The van der Waals surface area contributed by atoms with Crippen LogP contribution in [0.2, 0.25) is 5.02 Å².